The third kappa shape index (κ3) is 3.64. The maximum Gasteiger partial charge on any atom is 0.307 e. The number of nitrogens with one attached hydrogen (secondary N) is 1. The van der Waals surface area contributed by atoms with E-state index < -0.39 is 35.3 Å². The van der Waals surface area contributed by atoms with Crippen molar-refractivity contribution >= 4 is 29.2 Å². The van der Waals surface area contributed by atoms with Gasteiger partial charge in [-0.25, -0.2) is 8.78 Å². The zero-order valence-electron chi connectivity index (χ0n) is 10.2. The number of amides is 1. The second-order valence-corrected chi connectivity index (χ2v) is 4.56. The second-order valence-electron chi connectivity index (χ2n) is 4.15. The lowest BCUT2D eigenvalue weighted by atomic mass is 9.95. The molecule has 0 heterocycles. The summed E-state index contributed by atoms with van der Waals surface area (Å²) in [5.74, 6) is -5.57. The van der Waals surface area contributed by atoms with Gasteiger partial charge in [0, 0.05) is 12.0 Å². The van der Waals surface area contributed by atoms with Crippen molar-refractivity contribution in [2.24, 2.45) is 11.8 Å². The fourth-order valence-corrected chi connectivity index (χ4v) is 1.58. The number of carbonyl (C=O) groups excluding carboxylic acids is 1. The third-order valence-electron chi connectivity index (χ3n) is 2.81. The zero-order valence-corrected chi connectivity index (χ0v) is 11.0. The number of hydrogen-bond acceptors (Lipinski definition) is 2. The predicted octanol–water partition coefficient (Wildman–Crippen LogP) is 2.91. The number of benzene rings is 1. The summed E-state index contributed by atoms with van der Waals surface area (Å²) < 4.78 is 26.3. The van der Waals surface area contributed by atoms with Crippen molar-refractivity contribution in [3.05, 3.63) is 28.8 Å². The van der Waals surface area contributed by atoms with Gasteiger partial charge in [0.2, 0.25) is 5.91 Å². The Morgan fingerprint density at radius 2 is 1.84 bits per heavy atom. The van der Waals surface area contributed by atoms with Crippen LogP contribution in [0.4, 0.5) is 14.5 Å². The average molecular weight is 292 g/mol. The van der Waals surface area contributed by atoms with Crippen LogP contribution >= 0.6 is 11.6 Å². The number of hydrogen-bond donors (Lipinski definition) is 2. The molecule has 19 heavy (non-hydrogen) atoms. The van der Waals surface area contributed by atoms with Crippen molar-refractivity contribution in [2.75, 3.05) is 5.32 Å². The predicted molar refractivity (Wildman–Crippen MR) is 66.0 cm³/mol. The number of carboxylic acids is 1. The molecule has 1 amide bonds. The summed E-state index contributed by atoms with van der Waals surface area (Å²) in [6, 6.07) is 1.43. The van der Waals surface area contributed by atoms with E-state index in [1.54, 1.807) is 0 Å². The highest BCUT2D eigenvalue weighted by molar-refractivity contribution is 6.33. The lowest BCUT2D eigenvalue weighted by molar-refractivity contribution is -0.145. The van der Waals surface area contributed by atoms with Crippen molar-refractivity contribution in [3.8, 4) is 0 Å². The lowest BCUT2D eigenvalue weighted by Crippen LogP contribution is -2.30. The Bertz CT molecular complexity index is 499. The van der Waals surface area contributed by atoms with Gasteiger partial charge in [-0.3, -0.25) is 9.59 Å². The molecule has 0 saturated carbocycles. The van der Waals surface area contributed by atoms with Crippen LogP contribution in [-0.4, -0.2) is 17.0 Å². The third-order valence-corrected chi connectivity index (χ3v) is 3.11. The van der Waals surface area contributed by atoms with Gasteiger partial charge in [0.05, 0.1) is 16.6 Å². The smallest absolute Gasteiger partial charge is 0.307 e. The largest absolute Gasteiger partial charge is 0.481 e. The van der Waals surface area contributed by atoms with E-state index in [4.69, 9.17) is 16.7 Å². The van der Waals surface area contributed by atoms with Crippen LogP contribution in [0.3, 0.4) is 0 Å². The highest BCUT2D eigenvalue weighted by Crippen LogP contribution is 2.27. The first-order valence-corrected chi connectivity index (χ1v) is 5.80. The van der Waals surface area contributed by atoms with E-state index in [1.165, 1.54) is 13.8 Å². The van der Waals surface area contributed by atoms with Gasteiger partial charge < -0.3 is 10.4 Å². The van der Waals surface area contributed by atoms with Gasteiger partial charge in [-0.2, -0.15) is 0 Å². The van der Waals surface area contributed by atoms with Gasteiger partial charge in [-0.15, -0.1) is 0 Å². The Balaban J connectivity index is 2.92. The molecule has 104 valence electrons. The molecule has 0 fully saturated rings. The molecule has 0 aromatic heterocycles. The lowest BCUT2D eigenvalue weighted by Gasteiger charge is -2.16. The van der Waals surface area contributed by atoms with E-state index >= 15 is 0 Å². The van der Waals surface area contributed by atoms with E-state index in [1.807, 2.05) is 0 Å². The van der Waals surface area contributed by atoms with E-state index in [0.29, 0.717) is 6.07 Å². The molecule has 0 radical (unpaired) electrons. The van der Waals surface area contributed by atoms with E-state index in [9.17, 15) is 18.4 Å². The number of carbonyl (C=O) groups is 2. The van der Waals surface area contributed by atoms with E-state index in [2.05, 4.69) is 5.32 Å². The molecule has 7 heteroatoms. The van der Waals surface area contributed by atoms with Crippen LogP contribution in [-0.2, 0) is 9.59 Å². The van der Waals surface area contributed by atoms with Gasteiger partial charge in [0.15, 0.2) is 5.82 Å². The molecule has 0 aliphatic heterocycles. The highest BCUT2D eigenvalue weighted by atomic mass is 35.5. The van der Waals surface area contributed by atoms with Crippen molar-refractivity contribution in [3.63, 3.8) is 0 Å². The Morgan fingerprint density at radius 3 is 2.32 bits per heavy atom. The number of rotatable bonds is 4. The molecular weight excluding hydrogens is 280 g/mol. The topological polar surface area (TPSA) is 66.4 Å². The molecule has 0 bridgehead atoms. The molecule has 1 aromatic rings. The maximum absolute atomic E-state index is 13.4. The fraction of sp³-hybridized carbons (Fsp3) is 0.333. The molecule has 1 aromatic carbocycles. The number of carboxylic acid groups (broad SMARTS) is 1. The molecule has 2 N–H and O–H groups in total. The van der Waals surface area contributed by atoms with Crippen LogP contribution in [0.5, 0.6) is 0 Å². The van der Waals surface area contributed by atoms with E-state index in [-0.39, 0.29) is 10.7 Å². The second kappa shape index (κ2) is 5.97. The van der Waals surface area contributed by atoms with Crippen molar-refractivity contribution in [2.45, 2.75) is 13.8 Å². The zero-order chi connectivity index (χ0) is 14.7. The van der Waals surface area contributed by atoms with Crippen molar-refractivity contribution in [1.29, 1.82) is 0 Å². The number of anilines is 1. The monoisotopic (exact) mass is 291 g/mol. The Hall–Kier alpha value is -1.69. The highest BCUT2D eigenvalue weighted by Gasteiger charge is 2.27. The molecule has 1 rings (SSSR count). The molecule has 2 atom stereocenters. The molecule has 0 saturated heterocycles. The SMILES string of the molecule is CC(C(=O)O)C(C)C(=O)Nc1c(F)cc(F)cc1Cl. The summed E-state index contributed by atoms with van der Waals surface area (Å²) in [6.45, 7) is 2.75. The Morgan fingerprint density at radius 1 is 1.26 bits per heavy atom. The minimum absolute atomic E-state index is 0.291. The van der Waals surface area contributed by atoms with Crippen LogP contribution in [0.2, 0.25) is 5.02 Å². The first kappa shape index (κ1) is 15.4. The molecular formula is C12H12ClF2NO3. The molecule has 2 unspecified atom stereocenters. The van der Waals surface area contributed by atoms with Crippen LogP contribution in [0, 0.1) is 23.5 Å². The Kier molecular flexibility index (Phi) is 4.83. The maximum atomic E-state index is 13.4. The molecule has 0 aliphatic rings. The first-order valence-electron chi connectivity index (χ1n) is 5.42. The number of aliphatic carboxylic acids is 1. The Labute approximate surface area is 113 Å². The van der Waals surface area contributed by atoms with Gasteiger partial charge in [-0.1, -0.05) is 25.4 Å². The first-order chi connectivity index (χ1) is 8.73. The van der Waals surface area contributed by atoms with Crippen LogP contribution in [0.25, 0.3) is 0 Å². The summed E-state index contributed by atoms with van der Waals surface area (Å²) >= 11 is 5.61. The van der Waals surface area contributed by atoms with Gasteiger partial charge in [0.25, 0.3) is 0 Å². The molecule has 4 nitrogen and oxygen atoms in total. The molecule has 0 spiro atoms. The standard InChI is InChI=1S/C12H12ClF2NO3/c1-5(6(2)12(18)19)11(17)16-10-8(13)3-7(14)4-9(10)15/h3-6H,1-2H3,(H,16,17)(H,18,19). The van der Waals surface area contributed by atoms with Gasteiger partial charge in [-0.05, 0) is 6.07 Å². The summed E-state index contributed by atoms with van der Waals surface area (Å²) in [4.78, 5) is 22.5. The summed E-state index contributed by atoms with van der Waals surface area (Å²) in [5.41, 5.74) is -0.363. The van der Waals surface area contributed by atoms with Crippen LogP contribution in [0.15, 0.2) is 12.1 Å². The van der Waals surface area contributed by atoms with Crippen molar-refractivity contribution < 1.29 is 23.5 Å². The number of halogens is 3. The van der Waals surface area contributed by atoms with Crippen LogP contribution < -0.4 is 5.32 Å². The summed E-state index contributed by atoms with van der Waals surface area (Å²) in [7, 11) is 0. The summed E-state index contributed by atoms with van der Waals surface area (Å²) in [6.07, 6.45) is 0. The quantitative estimate of drug-likeness (QED) is 0.896. The van der Waals surface area contributed by atoms with Gasteiger partial charge >= 0.3 is 5.97 Å². The summed E-state index contributed by atoms with van der Waals surface area (Å²) in [5, 5.41) is 10.7. The normalized spacial score (nSPS) is 13.7. The minimum Gasteiger partial charge on any atom is -0.481 e. The average Bonchev–Trinajstić information content (AvgIpc) is 2.31. The molecule has 0 aliphatic carbocycles. The fourth-order valence-electron chi connectivity index (χ4n) is 1.34. The van der Waals surface area contributed by atoms with Crippen LogP contribution in [0.1, 0.15) is 13.8 Å². The van der Waals surface area contributed by atoms with Gasteiger partial charge in [0.1, 0.15) is 5.82 Å². The van der Waals surface area contributed by atoms with E-state index in [0.717, 1.165) is 6.07 Å². The minimum atomic E-state index is -1.15. The van der Waals surface area contributed by atoms with Crippen molar-refractivity contribution in [1.82, 2.24) is 0 Å².